The Labute approximate surface area is 120 Å². The van der Waals surface area contributed by atoms with Crippen LogP contribution >= 0.6 is 0 Å². The SMILES string of the molecule is Cc1cc(C)nc(NNS(=O)(=O)c2cc(F)ccc2F)n1. The zero-order valence-corrected chi connectivity index (χ0v) is 12.0. The Kier molecular flexibility index (Phi) is 4.14. The highest BCUT2D eigenvalue weighted by molar-refractivity contribution is 7.89. The number of nitrogens with one attached hydrogen (secondary N) is 2. The Bertz CT molecular complexity index is 761. The lowest BCUT2D eigenvalue weighted by Gasteiger charge is -2.09. The van der Waals surface area contributed by atoms with Gasteiger partial charge in [-0.05, 0) is 38.1 Å². The monoisotopic (exact) mass is 314 g/mol. The molecule has 0 saturated heterocycles. The molecule has 0 atom stereocenters. The van der Waals surface area contributed by atoms with Gasteiger partial charge in [0.1, 0.15) is 16.5 Å². The first-order valence-corrected chi connectivity index (χ1v) is 7.31. The number of aryl methyl sites for hydroxylation is 2. The van der Waals surface area contributed by atoms with Crippen LogP contribution in [0.25, 0.3) is 0 Å². The van der Waals surface area contributed by atoms with E-state index < -0.39 is 26.6 Å². The molecule has 1 heterocycles. The van der Waals surface area contributed by atoms with E-state index in [0.717, 1.165) is 12.1 Å². The third-order valence-corrected chi connectivity index (χ3v) is 3.72. The summed E-state index contributed by atoms with van der Waals surface area (Å²) in [4.78, 5) is 9.01. The van der Waals surface area contributed by atoms with Crippen molar-refractivity contribution in [3.63, 3.8) is 0 Å². The molecule has 0 unspecified atom stereocenters. The van der Waals surface area contributed by atoms with Crippen LogP contribution in [0.15, 0.2) is 29.2 Å². The normalized spacial score (nSPS) is 11.4. The summed E-state index contributed by atoms with van der Waals surface area (Å²) in [6.07, 6.45) is 0. The molecule has 0 aliphatic carbocycles. The summed E-state index contributed by atoms with van der Waals surface area (Å²) in [5.41, 5.74) is 3.51. The van der Waals surface area contributed by atoms with Crippen LogP contribution in [0.2, 0.25) is 0 Å². The molecular formula is C12H12F2N4O2S. The van der Waals surface area contributed by atoms with Gasteiger partial charge in [-0.1, -0.05) is 0 Å². The maximum Gasteiger partial charge on any atom is 0.260 e. The topological polar surface area (TPSA) is 84.0 Å². The van der Waals surface area contributed by atoms with Crippen molar-refractivity contribution in [1.82, 2.24) is 14.8 Å². The standard InChI is InChI=1S/C12H12F2N4O2S/c1-7-5-8(2)16-12(15-7)17-18-21(19,20)11-6-9(13)3-4-10(11)14/h3-6,18H,1-2H3,(H,15,16,17). The molecule has 9 heteroatoms. The molecule has 0 fully saturated rings. The molecule has 1 aromatic carbocycles. The largest absolute Gasteiger partial charge is 0.276 e. The van der Waals surface area contributed by atoms with E-state index in [1.165, 1.54) is 0 Å². The number of nitrogens with zero attached hydrogens (tertiary/aromatic N) is 2. The second-order valence-electron chi connectivity index (χ2n) is 4.28. The summed E-state index contributed by atoms with van der Waals surface area (Å²) < 4.78 is 50.3. The van der Waals surface area contributed by atoms with Crippen molar-refractivity contribution < 1.29 is 17.2 Å². The predicted molar refractivity (Wildman–Crippen MR) is 71.8 cm³/mol. The van der Waals surface area contributed by atoms with E-state index >= 15 is 0 Å². The Morgan fingerprint density at radius 3 is 2.29 bits per heavy atom. The van der Waals surface area contributed by atoms with Gasteiger partial charge in [0.2, 0.25) is 5.95 Å². The summed E-state index contributed by atoms with van der Waals surface area (Å²) in [5.74, 6) is -1.92. The van der Waals surface area contributed by atoms with Crippen molar-refractivity contribution in [3.8, 4) is 0 Å². The van der Waals surface area contributed by atoms with Gasteiger partial charge in [-0.15, -0.1) is 4.83 Å². The van der Waals surface area contributed by atoms with E-state index in [1.54, 1.807) is 19.9 Å². The Balaban J connectivity index is 2.23. The van der Waals surface area contributed by atoms with Crippen molar-refractivity contribution >= 4 is 16.0 Å². The lowest BCUT2D eigenvalue weighted by molar-refractivity contribution is 0.548. The van der Waals surface area contributed by atoms with Gasteiger partial charge in [0.25, 0.3) is 10.0 Å². The zero-order valence-electron chi connectivity index (χ0n) is 11.2. The average molecular weight is 314 g/mol. The van der Waals surface area contributed by atoms with Gasteiger partial charge in [-0.25, -0.2) is 27.2 Å². The van der Waals surface area contributed by atoms with Crippen LogP contribution in [0.1, 0.15) is 11.4 Å². The minimum absolute atomic E-state index is 0.00730. The lowest BCUT2D eigenvalue weighted by atomic mass is 10.3. The molecule has 2 aromatic rings. The lowest BCUT2D eigenvalue weighted by Crippen LogP contribution is -2.31. The van der Waals surface area contributed by atoms with E-state index in [4.69, 9.17) is 0 Å². The van der Waals surface area contributed by atoms with Gasteiger partial charge in [-0.2, -0.15) is 0 Å². The highest BCUT2D eigenvalue weighted by atomic mass is 32.2. The molecule has 0 radical (unpaired) electrons. The number of hydrogen-bond donors (Lipinski definition) is 2. The van der Waals surface area contributed by atoms with Gasteiger partial charge in [0.05, 0.1) is 0 Å². The van der Waals surface area contributed by atoms with Crippen LogP contribution in [0.4, 0.5) is 14.7 Å². The predicted octanol–water partition coefficient (Wildman–Crippen LogP) is 1.68. The molecule has 112 valence electrons. The fourth-order valence-corrected chi connectivity index (χ4v) is 2.56. The van der Waals surface area contributed by atoms with Gasteiger partial charge in [0, 0.05) is 11.4 Å². The van der Waals surface area contributed by atoms with Crippen molar-refractivity contribution in [2.45, 2.75) is 18.7 Å². The zero-order chi connectivity index (χ0) is 15.6. The fraction of sp³-hybridized carbons (Fsp3) is 0.167. The second kappa shape index (κ2) is 5.70. The summed E-state index contributed by atoms with van der Waals surface area (Å²) in [6, 6.07) is 3.85. The molecule has 1 aromatic heterocycles. The van der Waals surface area contributed by atoms with E-state index in [-0.39, 0.29) is 5.95 Å². The molecule has 2 N–H and O–H groups in total. The first-order chi connectivity index (χ1) is 9.78. The first kappa shape index (κ1) is 15.3. The summed E-state index contributed by atoms with van der Waals surface area (Å²) in [6.45, 7) is 3.42. The molecular weight excluding hydrogens is 302 g/mol. The van der Waals surface area contributed by atoms with Crippen molar-refractivity contribution in [2.75, 3.05) is 5.43 Å². The van der Waals surface area contributed by atoms with Gasteiger partial charge < -0.3 is 0 Å². The van der Waals surface area contributed by atoms with Crippen molar-refractivity contribution in [1.29, 1.82) is 0 Å². The van der Waals surface area contributed by atoms with Crippen LogP contribution < -0.4 is 10.3 Å². The number of benzene rings is 1. The molecule has 0 aliphatic heterocycles. The Morgan fingerprint density at radius 2 is 1.67 bits per heavy atom. The second-order valence-corrected chi connectivity index (χ2v) is 5.93. The number of rotatable bonds is 4. The summed E-state index contributed by atoms with van der Waals surface area (Å²) in [7, 11) is -4.29. The third kappa shape index (κ3) is 3.70. The smallest absolute Gasteiger partial charge is 0.260 e. The highest BCUT2D eigenvalue weighted by Gasteiger charge is 2.20. The number of hydrazine groups is 1. The molecule has 0 amide bonds. The number of aromatic nitrogens is 2. The number of hydrogen-bond acceptors (Lipinski definition) is 5. The van der Waals surface area contributed by atoms with E-state index in [2.05, 4.69) is 15.4 Å². The Hall–Kier alpha value is -2.13. The minimum atomic E-state index is -4.29. The number of halogens is 2. The fourth-order valence-electron chi connectivity index (χ4n) is 1.63. The van der Waals surface area contributed by atoms with Gasteiger partial charge in [0.15, 0.2) is 0 Å². The van der Waals surface area contributed by atoms with Crippen molar-refractivity contribution in [2.24, 2.45) is 0 Å². The molecule has 21 heavy (non-hydrogen) atoms. The summed E-state index contributed by atoms with van der Waals surface area (Å²) >= 11 is 0. The van der Waals surface area contributed by atoms with Crippen LogP contribution in [-0.2, 0) is 10.0 Å². The molecule has 0 aliphatic rings. The van der Waals surface area contributed by atoms with Crippen LogP contribution in [-0.4, -0.2) is 18.4 Å². The number of anilines is 1. The quantitative estimate of drug-likeness (QED) is 0.839. The maximum atomic E-state index is 13.5. The average Bonchev–Trinajstić information content (AvgIpc) is 2.38. The molecule has 6 nitrogen and oxygen atoms in total. The van der Waals surface area contributed by atoms with E-state index in [1.807, 2.05) is 4.83 Å². The third-order valence-electron chi connectivity index (χ3n) is 2.46. The minimum Gasteiger partial charge on any atom is -0.276 e. The Morgan fingerprint density at radius 1 is 1.05 bits per heavy atom. The molecule has 0 spiro atoms. The van der Waals surface area contributed by atoms with Gasteiger partial charge in [-0.3, -0.25) is 5.43 Å². The van der Waals surface area contributed by atoms with E-state index in [0.29, 0.717) is 17.5 Å². The van der Waals surface area contributed by atoms with Crippen molar-refractivity contribution in [3.05, 3.63) is 47.3 Å². The maximum absolute atomic E-state index is 13.5. The summed E-state index contributed by atoms with van der Waals surface area (Å²) in [5, 5.41) is 0. The molecule has 2 rings (SSSR count). The highest BCUT2D eigenvalue weighted by Crippen LogP contribution is 2.15. The first-order valence-electron chi connectivity index (χ1n) is 5.83. The van der Waals surface area contributed by atoms with Crippen LogP contribution in [0, 0.1) is 25.5 Å². The molecule has 0 bridgehead atoms. The van der Waals surface area contributed by atoms with Gasteiger partial charge >= 0.3 is 0 Å². The van der Waals surface area contributed by atoms with Crippen LogP contribution in [0.3, 0.4) is 0 Å². The van der Waals surface area contributed by atoms with Crippen LogP contribution in [0.5, 0.6) is 0 Å². The molecule has 0 saturated carbocycles. The van der Waals surface area contributed by atoms with E-state index in [9.17, 15) is 17.2 Å². The number of sulfonamides is 1.